The molecule has 16 heteroatoms. The number of aliphatic carboxylic acids is 2. The van der Waals surface area contributed by atoms with Crippen LogP contribution in [0.5, 0.6) is 0 Å². The SMILES string of the molecule is C[C@H](N[C@@H](CCc1ccccc1)C(=O)O)C(=O)N(Cc1ccccc1)[C@H](CCCCNc1cc(Cl)c(C(=O)O)cc1S(N)(=O)=O)C(=O)O.Cl. The van der Waals surface area contributed by atoms with Gasteiger partial charge in [0.2, 0.25) is 15.9 Å². The first-order valence-corrected chi connectivity index (χ1v) is 17.0. The Morgan fingerprint density at radius 2 is 1.47 bits per heavy atom. The summed E-state index contributed by atoms with van der Waals surface area (Å²) >= 11 is 6.02. The van der Waals surface area contributed by atoms with E-state index in [0.717, 1.165) is 17.7 Å². The van der Waals surface area contributed by atoms with E-state index < -0.39 is 62.4 Å². The summed E-state index contributed by atoms with van der Waals surface area (Å²) in [5, 5.41) is 40.2. The number of anilines is 1. The van der Waals surface area contributed by atoms with Crippen LogP contribution in [0.25, 0.3) is 0 Å². The molecule has 13 nitrogen and oxygen atoms in total. The fourth-order valence-corrected chi connectivity index (χ4v) is 6.13. The Kier molecular flexibility index (Phi) is 16.0. The number of amides is 1. The molecule has 7 N–H and O–H groups in total. The topological polar surface area (TPSA) is 216 Å². The largest absolute Gasteiger partial charge is 0.480 e. The number of carbonyl (C=O) groups excluding carboxylic acids is 1. The van der Waals surface area contributed by atoms with E-state index in [9.17, 15) is 42.9 Å². The predicted molar refractivity (Wildman–Crippen MR) is 187 cm³/mol. The van der Waals surface area contributed by atoms with Gasteiger partial charge < -0.3 is 25.5 Å². The lowest BCUT2D eigenvalue weighted by Crippen LogP contribution is -2.54. The van der Waals surface area contributed by atoms with Gasteiger partial charge in [-0.3, -0.25) is 14.9 Å². The normalized spacial score (nSPS) is 13.0. The van der Waals surface area contributed by atoms with E-state index in [4.69, 9.17) is 16.7 Å². The van der Waals surface area contributed by atoms with Crippen LogP contribution in [0, 0.1) is 0 Å². The number of nitrogens with two attached hydrogens (primary N) is 1. The molecule has 0 aliphatic heterocycles. The summed E-state index contributed by atoms with van der Waals surface area (Å²) in [5.41, 5.74) is 1.18. The molecule has 3 atom stereocenters. The average molecular weight is 740 g/mol. The highest BCUT2D eigenvalue weighted by Crippen LogP contribution is 2.28. The van der Waals surface area contributed by atoms with Crippen molar-refractivity contribution in [2.75, 3.05) is 11.9 Å². The molecule has 3 aromatic carbocycles. The summed E-state index contributed by atoms with van der Waals surface area (Å²) in [6, 6.07) is 16.8. The first-order valence-electron chi connectivity index (χ1n) is 15.1. The summed E-state index contributed by atoms with van der Waals surface area (Å²) in [6.45, 7) is 1.62. The van der Waals surface area contributed by atoms with Crippen LogP contribution in [-0.2, 0) is 37.4 Å². The number of benzene rings is 3. The van der Waals surface area contributed by atoms with Gasteiger partial charge in [-0.1, -0.05) is 72.3 Å². The van der Waals surface area contributed by atoms with E-state index in [-0.39, 0.29) is 55.5 Å². The number of primary sulfonamides is 1. The number of carboxylic acids is 3. The van der Waals surface area contributed by atoms with Crippen LogP contribution in [0.1, 0.15) is 54.1 Å². The van der Waals surface area contributed by atoms with Crippen molar-refractivity contribution in [2.24, 2.45) is 5.14 Å². The molecule has 0 heterocycles. The molecule has 0 aliphatic rings. The zero-order valence-corrected chi connectivity index (χ0v) is 29.0. The molecule has 0 bridgehead atoms. The summed E-state index contributed by atoms with van der Waals surface area (Å²) < 4.78 is 24.2. The Morgan fingerprint density at radius 1 is 0.878 bits per heavy atom. The first kappa shape index (κ1) is 41.0. The van der Waals surface area contributed by atoms with Crippen LogP contribution < -0.4 is 15.8 Å². The van der Waals surface area contributed by atoms with Gasteiger partial charge in [0.05, 0.1) is 22.3 Å². The number of nitrogens with one attached hydrogen (secondary N) is 2. The third-order valence-corrected chi connectivity index (χ3v) is 8.91. The van der Waals surface area contributed by atoms with Crippen molar-refractivity contribution in [2.45, 2.75) is 68.6 Å². The molecule has 0 unspecified atom stereocenters. The van der Waals surface area contributed by atoms with Gasteiger partial charge >= 0.3 is 17.9 Å². The van der Waals surface area contributed by atoms with Crippen LogP contribution in [0.3, 0.4) is 0 Å². The minimum Gasteiger partial charge on any atom is -0.480 e. The molecule has 0 spiro atoms. The molecule has 0 fully saturated rings. The maximum absolute atomic E-state index is 13.8. The first-order chi connectivity index (χ1) is 22.7. The van der Waals surface area contributed by atoms with E-state index >= 15 is 0 Å². The minimum atomic E-state index is -4.31. The highest BCUT2D eigenvalue weighted by atomic mass is 35.5. The number of unbranched alkanes of at least 4 members (excludes halogenated alkanes) is 1. The molecule has 0 saturated carbocycles. The summed E-state index contributed by atoms with van der Waals surface area (Å²) in [4.78, 5) is 50.6. The van der Waals surface area contributed by atoms with Crippen LogP contribution in [0.2, 0.25) is 5.02 Å². The number of sulfonamides is 1. The van der Waals surface area contributed by atoms with E-state index in [2.05, 4.69) is 10.6 Å². The van der Waals surface area contributed by atoms with Gasteiger partial charge in [0.1, 0.15) is 17.0 Å². The number of rotatable bonds is 19. The zero-order chi connectivity index (χ0) is 35.4. The molecule has 0 saturated heterocycles. The smallest absolute Gasteiger partial charge is 0.337 e. The van der Waals surface area contributed by atoms with E-state index in [1.54, 1.807) is 30.3 Å². The Labute approximate surface area is 295 Å². The lowest BCUT2D eigenvalue weighted by atomic mass is 10.0. The second kappa shape index (κ2) is 19.1. The van der Waals surface area contributed by atoms with Gasteiger partial charge in [0.15, 0.2) is 0 Å². The van der Waals surface area contributed by atoms with Crippen molar-refractivity contribution in [1.29, 1.82) is 0 Å². The molecule has 1 amide bonds. The van der Waals surface area contributed by atoms with Gasteiger partial charge in [0, 0.05) is 13.1 Å². The monoisotopic (exact) mass is 738 g/mol. The number of carboxylic acid groups (broad SMARTS) is 3. The highest BCUT2D eigenvalue weighted by Gasteiger charge is 2.33. The number of aromatic carboxylic acids is 1. The molecule has 0 radical (unpaired) electrons. The second-order valence-corrected chi connectivity index (χ2v) is 13.1. The molecular weight excluding hydrogens is 699 g/mol. The number of carbonyl (C=O) groups is 4. The Hall–Kier alpha value is -4.21. The number of aryl methyl sites for hydroxylation is 1. The number of halogens is 2. The molecule has 49 heavy (non-hydrogen) atoms. The maximum Gasteiger partial charge on any atom is 0.337 e. The quantitative estimate of drug-likeness (QED) is 0.0957. The Bertz CT molecular complexity index is 1700. The Morgan fingerprint density at radius 3 is 2.00 bits per heavy atom. The van der Waals surface area contributed by atoms with Gasteiger partial charge in [-0.05, 0) is 62.3 Å². The third-order valence-electron chi connectivity index (χ3n) is 7.65. The van der Waals surface area contributed by atoms with Crippen molar-refractivity contribution >= 4 is 63.5 Å². The van der Waals surface area contributed by atoms with Crippen molar-refractivity contribution in [3.8, 4) is 0 Å². The number of nitrogens with zero attached hydrogens (tertiary/aromatic N) is 1. The van der Waals surface area contributed by atoms with Crippen molar-refractivity contribution < 1.29 is 42.9 Å². The average Bonchev–Trinajstić information content (AvgIpc) is 3.03. The highest BCUT2D eigenvalue weighted by molar-refractivity contribution is 7.89. The van der Waals surface area contributed by atoms with Gasteiger partial charge in [-0.25, -0.2) is 23.1 Å². The number of hydrogen-bond donors (Lipinski definition) is 6. The van der Waals surface area contributed by atoms with Gasteiger partial charge in [0.25, 0.3) is 0 Å². The fourth-order valence-electron chi connectivity index (χ4n) is 5.17. The number of hydrogen-bond acceptors (Lipinski definition) is 8. The minimum absolute atomic E-state index is 0. The van der Waals surface area contributed by atoms with Crippen LogP contribution in [0.15, 0.2) is 77.7 Å². The molecule has 0 aromatic heterocycles. The molecule has 3 rings (SSSR count). The van der Waals surface area contributed by atoms with Crippen molar-refractivity contribution in [1.82, 2.24) is 10.2 Å². The summed E-state index contributed by atoms with van der Waals surface area (Å²) in [5.74, 6) is -4.39. The summed E-state index contributed by atoms with van der Waals surface area (Å²) in [6.07, 6.45) is 1.31. The fraction of sp³-hybridized carbons (Fsp3) is 0.333. The molecule has 0 aliphatic carbocycles. The lowest BCUT2D eigenvalue weighted by Gasteiger charge is -2.32. The zero-order valence-electron chi connectivity index (χ0n) is 26.6. The second-order valence-electron chi connectivity index (χ2n) is 11.2. The van der Waals surface area contributed by atoms with E-state index in [0.29, 0.717) is 18.4 Å². The maximum atomic E-state index is 13.8. The predicted octanol–water partition coefficient (Wildman–Crippen LogP) is 4.24. The lowest BCUT2D eigenvalue weighted by molar-refractivity contribution is -0.152. The molecule has 3 aromatic rings. The van der Waals surface area contributed by atoms with Crippen LogP contribution >= 0.6 is 24.0 Å². The van der Waals surface area contributed by atoms with Crippen molar-refractivity contribution in [3.05, 3.63) is 94.5 Å². The molecule has 266 valence electrons. The van der Waals surface area contributed by atoms with E-state index in [1.807, 2.05) is 30.3 Å². The van der Waals surface area contributed by atoms with Crippen molar-refractivity contribution in [3.63, 3.8) is 0 Å². The third kappa shape index (κ3) is 12.3. The van der Waals surface area contributed by atoms with Crippen LogP contribution in [-0.4, -0.2) is 77.1 Å². The Balaban J connectivity index is 0.00000833. The van der Waals surface area contributed by atoms with Gasteiger partial charge in [-0.15, -0.1) is 12.4 Å². The van der Waals surface area contributed by atoms with Gasteiger partial charge in [-0.2, -0.15) is 0 Å². The van der Waals surface area contributed by atoms with Crippen LogP contribution in [0.4, 0.5) is 5.69 Å². The molecular formula is C33H40Cl2N4O9S. The van der Waals surface area contributed by atoms with E-state index in [1.165, 1.54) is 11.8 Å². The summed E-state index contributed by atoms with van der Waals surface area (Å²) in [7, 11) is -4.31. The standard InChI is InChI=1S/C33H39ClN4O9S.ClH/c1-21(37-26(32(42)43)16-15-22-10-4-2-5-11-22)30(39)38(20-23-12-6-3-7-13-23)28(33(44)45)14-8-9-17-36-27-19-25(34)24(31(40)41)18-29(27)48(35,46)47;/h2-7,10-13,18-19,21,26,28,36-37H,8-9,14-17,20H2,1H3,(H,40,41)(H,42,43)(H,44,45)(H2,35,46,47);1H/t21-,26-,28+;/m0./s1.